The monoisotopic (exact) mass is 293 g/mol. The van der Waals surface area contributed by atoms with Crippen molar-refractivity contribution >= 4 is 5.69 Å². The number of aliphatic hydroxyl groups is 1. The minimum Gasteiger partial charge on any atom is -0.491 e. The van der Waals surface area contributed by atoms with Crippen LogP contribution in [0.5, 0.6) is 5.75 Å². The first-order valence-corrected chi connectivity index (χ1v) is 7.73. The highest BCUT2D eigenvalue weighted by atomic mass is 16.5. The molecule has 4 heteroatoms. The molecule has 0 heterocycles. The molecular weight excluding hydrogens is 266 g/mol. The van der Waals surface area contributed by atoms with E-state index in [2.05, 4.69) is 13.8 Å². The lowest BCUT2D eigenvalue weighted by Crippen LogP contribution is -2.31. The molecule has 0 radical (unpaired) electrons. The fourth-order valence-corrected chi connectivity index (χ4v) is 2.63. The summed E-state index contributed by atoms with van der Waals surface area (Å²) in [6, 6.07) is 7.21. The number of hydrogen-bond acceptors (Lipinski definition) is 4. The molecule has 1 atom stereocenters. The largest absolute Gasteiger partial charge is 0.491 e. The lowest BCUT2D eigenvalue weighted by molar-refractivity contribution is -0.0474. The van der Waals surface area contributed by atoms with E-state index in [1.54, 1.807) is 12.1 Å². The second-order valence-electron chi connectivity index (χ2n) is 6.73. The first kappa shape index (κ1) is 16.1. The van der Waals surface area contributed by atoms with Gasteiger partial charge in [-0.1, -0.05) is 19.9 Å². The van der Waals surface area contributed by atoms with Crippen LogP contribution in [0.15, 0.2) is 24.3 Å². The van der Waals surface area contributed by atoms with E-state index in [9.17, 15) is 5.11 Å². The minimum atomic E-state index is -0.610. The molecule has 0 amide bonds. The Bertz CT molecular complexity index is 437. The maximum absolute atomic E-state index is 9.93. The van der Waals surface area contributed by atoms with Crippen LogP contribution >= 0.6 is 0 Å². The van der Waals surface area contributed by atoms with Gasteiger partial charge in [0.25, 0.3) is 0 Å². The van der Waals surface area contributed by atoms with Crippen LogP contribution in [0.25, 0.3) is 0 Å². The van der Waals surface area contributed by atoms with Crippen LogP contribution in [-0.4, -0.2) is 30.5 Å². The van der Waals surface area contributed by atoms with Crippen LogP contribution in [0.4, 0.5) is 5.69 Å². The quantitative estimate of drug-likeness (QED) is 0.791. The number of nitrogen functional groups attached to an aromatic ring is 1. The van der Waals surface area contributed by atoms with Crippen molar-refractivity contribution < 1.29 is 14.6 Å². The summed E-state index contributed by atoms with van der Waals surface area (Å²) < 4.78 is 11.3. The van der Waals surface area contributed by atoms with Gasteiger partial charge in [-0.05, 0) is 43.2 Å². The lowest BCUT2D eigenvalue weighted by atomic mass is 9.76. The zero-order chi connectivity index (χ0) is 15.3. The summed E-state index contributed by atoms with van der Waals surface area (Å²) in [6.07, 6.45) is 4.20. The van der Waals surface area contributed by atoms with E-state index in [0.717, 1.165) is 12.8 Å². The van der Waals surface area contributed by atoms with Gasteiger partial charge >= 0.3 is 0 Å². The molecule has 1 saturated carbocycles. The number of nitrogens with two attached hydrogens (primary N) is 1. The SMILES string of the molecule is CC1(C)CCC(OCC(O)COc2cccc(N)c2)CC1. The fourth-order valence-electron chi connectivity index (χ4n) is 2.63. The van der Waals surface area contributed by atoms with Crippen LogP contribution in [0.3, 0.4) is 0 Å². The molecule has 21 heavy (non-hydrogen) atoms. The Balaban J connectivity index is 1.65. The van der Waals surface area contributed by atoms with Gasteiger partial charge in [0, 0.05) is 11.8 Å². The molecular formula is C17H27NO3. The van der Waals surface area contributed by atoms with Crippen molar-refractivity contribution in [3.8, 4) is 5.75 Å². The zero-order valence-corrected chi connectivity index (χ0v) is 13.0. The van der Waals surface area contributed by atoms with Gasteiger partial charge in [0.15, 0.2) is 0 Å². The highest BCUT2D eigenvalue weighted by molar-refractivity contribution is 5.43. The molecule has 0 aliphatic heterocycles. The maximum atomic E-state index is 9.93. The molecule has 1 aromatic rings. The third-order valence-electron chi connectivity index (χ3n) is 4.11. The van der Waals surface area contributed by atoms with Gasteiger partial charge in [0.1, 0.15) is 18.5 Å². The summed E-state index contributed by atoms with van der Waals surface area (Å²) in [4.78, 5) is 0. The molecule has 1 aliphatic carbocycles. The lowest BCUT2D eigenvalue weighted by Gasteiger charge is -2.34. The van der Waals surface area contributed by atoms with Gasteiger partial charge in [-0.2, -0.15) is 0 Å². The molecule has 1 aliphatic rings. The van der Waals surface area contributed by atoms with E-state index in [0.29, 0.717) is 23.5 Å². The van der Waals surface area contributed by atoms with Crippen molar-refractivity contribution in [1.82, 2.24) is 0 Å². The van der Waals surface area contributed by atoms with Crippen molar-refractivity contribution in [3.63, 3.8) is 0 Å². The van der Waals surface area contributed by atoms with Crippen molar-refractivity contribution in [2.75, 3.05) is 18.9 Å². The van der Waals surface area contributed by atoms with E-state index in [-0.39, 0.29) is 12.7 Å². The number of anilines is 1. The standard InChI is InChI=1S/C17H27NO3/c1-17(2)8-6-15(7-9-17)20-11-14(19)12-21-16-5-3-4-13(18)10-16/h3-5,10,14-15,19H,6-9,11-12,18H2,1-2H3. The summed E-state index contributed by atoms with van der Waals surface area (Å²) in [6.45, 7) is 5.16. The van der Waals surface area contributed by atoms with Gasteiger partial charge in [-0.25, -0.2) is 0 Å². The Morgan fingerprint density at radius 3 is 2.67 bits per heavy atom. The van der Waals surface area contributed by atoms with Crippen molar-refractivity contribution in [3.05, 3.63) is 24.3 Å². The van der Waals surface area contributed by atoms with Gasteiger partial charge < -0.3 is 20.3 Å². The van der Waals surface area contributed by atoms with E-state index >= 15 is 0 Å². The van der Waals surface area contributed by atoms with Crippen LogP contribution in [0.2, 0.25) is 0 Å². The summed E-state index contributed by atoms with van der Waals surface area (Å²) in [5.41, 5.74) is 6.77. The maximum Gasteiger partial charge on any atom is 0.121 e. The Labute approximate surface area is 127 Å². The number of hydrogen-bond donors (Lipinski definition) is 2. The second kappa shape index (κ2) is 7.14. The summed E-state index contributed by atoms with van der Waals surface area (Å²) >= 11 is 0. The molecule has 2 rings (SSSR count). The predicted molar refractivity (Wildman–Crippen MR) is 84.3 cm³/mol. The minimum absolute atomic E-state index is 0.224. The van der Waals surface area contributed by atoms with Crippen LogP contribution in [-0.2, 0) is 4.74 Å². The van der Waals surface area contributed by atoms with Crippen molar-refractivity contribution in [1.29, 1.82) is 0 Å². The summed E-state index contributed by atoms with van der Waals surface area (Å²) in [7, 11) is 0. The van der Waals surface area contributed by atoms with E-state index in [1.807, 2.05) is 12.1 Å². The van der Waals surface area contributed by atoms with E-state index < -0.39 is 6.10 Å². The smallest absolute Gasteiger partial charge is 0.121 e. The van der Waals surface area contributed by atoms with Gasteiger partial charge in [-0.15, -0.1) is 0 Å². The highest BCUT2D eigenvalue weighted by Crippen LogP contribution is 2.36. The average molecular weight is 293 g/mol. The molecule has 0 aromatic heterocycles. The molecule has 118 valence electrons. The molecule has 4 nitrogen and oxygen atoms in total. The Morgan fingerprint density at radius 1 is 1.29 bits per heavy atom. The first-order chi connectivity index (χ1) is 9.94. The third kappa shape index (κ3) is 5.56. The van der Waals surface area contributed by atoms with E-state index in [4.69, 9.17) is 15.2 Å². The Hall–Kier alpha value is -1.26. The highest BCUT2D eigenvalue weighted by Gasteiger charge is 2.27. The van der Waals surface area contributed by atoms with Gasteiger partial charge in [0.2, 0.25) is 0 Å². The van der Waals surface area contributed by atoms with Crippen LogP contribution in [0, 0.1) is 5.41 Å². The zero-order valence-electron chi connectivity index (χ0n) is 13.0. The molecule has 1 fully saturated rings. The van der Waals surface area contributed by atoms with Crippen molar-refractivity contribution in [2.24, 2.45) is 5.41 Å². The Kier molecular flexibility index (Phi) is 5.48. The summed E-state index contributed by atoms with van der Waals surface area (Å²) in [5, 5.41) is 9.93. The molecule has 3 N–H and O–H groups in total. The van der Waals surface area contributed by atoms with Gasteiger partial charge in [-0.3, -0.25) is 0 Å². The number of ether oxygens (including phenoxy) is 2. The topological polar surface area (TPSA) is 64.7 Å². The first-order valence-electron chi connectivity index (χ1n) is 7.73. The summed E-state index contributed by atoms with van der Waals surface area (Å²) in [5.74, 6) is 0.675. The predicted octanol–water partition coefficient (Wildman–Crippen LogP) is 2.99. The normalized spacial score (nSPS) is 20.1. The second-order valence-corrected chi connectivity index (χ2v) is 6.73. The number of rotatable bonds is 6. The molecule has 0 saturated heterocycles. The average Bonchev–Trinajstić information content (AvgIpc) is 2.44. The molecule has 1 unspecified atom stereocenters. The molecule has 0 bridgehead atoms. The van der Waals surface area contributed by atoms with Crippen molar-refractivity contribution in [2.45, 2.75) is 51.7 Å². The van der Waals surface area contributed by atoms with E-state index in [1.165, 1.54) is 12.8 Å². The number of aliphatic hydroxyl groups excluding tert-OH is 1. The fraction of sp³-hybridized carbons (Fsp3) is 0.647. The van der Waals surface area contributed by atoms with Gasteiger partial charge in [0.05, 0.1) is 12.7 Å². The van der Waals surface area contributed by atoms with Crippen LogP contribution < -0.4 is 10.5 Å². The third-order valence-corrected chi connectivity index (χ3v) is 4.11. The molecule has 0 spiro atoms. The molecule has 1 aromatic carbocycles. The number of benzene rings is 1. The Morgan fingerprint density at radius 2 is 2.00 bits per heavy atom. The van der Waals surface area contributed by atoms with Crippen LogP contribution in [0.1, 0.15) is 39.5 Å².